The van der Waals surface area contributed by atoms with Gasteiger partial charge in [-0.2, -0.15) is 5.26 Å². The quantitative estimate of drug-likeness (QED) is 0.587. The van der Waals surface area contributed by atoms with E-state index in [4.69, 9.17) is 9.68 Å². The van der Waals surface area contributed by atoms with Crippen molar-refractivity contribution < 1.29 is 19.3 Å². The lowest BCUT2D eigenvalue weighted by Gasteiger charge is -2.17. The predicted octanol–water partition coefficient (Wildman–Crippen LogP) is 1.59. The van der Waals surface area contributed by atoms with Crippen molar-refractivity contribution in [1.82, 2.24) is 5.32 Å². The molecule has 3 aromatic rings. The third-order valence-electron chi connectivity index (χ3n) is 4.15. The van der Waals surface area contributed by atoms with Crippen molar-refractivity contribution in [3.8, 4) is 6.07 Å². The second-order valence-corrected chi connectivity index (χ2v) is 6.03. The fourth-order valence-corrected chi connectivity index (χ4v) is 2.80. The summed E-state index contributed by atoms with van der Waals surface area (Å²) in [7, 11) is -1.70. The van der Waals surface area contributed by atoms with E-state index in [1.807, 2.05) is 30.3 Å². The van der Waals surface area contributed by atoms with Crippen LogP contribution in [0.15, 0.2) is 59.2 Å². The molecule has 0 fully saturated rings. The molecule has 1 aromatic heterocycles. The van der Waals surface area contributed by atoms with Crippen LogP contribution < -0.4 is 5.32 Å². The minimum atomic E-state index is -1.70. The number of nitriles is 1. The highest BCUT2D eigenvalue weighted by Gasteiger charge is 2.26. The average Bonchev–Trinajstić information content (AvgIpc) is 3.05. The van der Waals surface area contributed by atoms with E-state index >= 15 is 0 Å². The van der Waals surface area contributed by atoms with E-state index in [9.17, 15) is 14.8 Å². The third-order valence-corrected chi connectivity index (χ3v) is 4.15. The number of hydrogen-bond acceptors (Lipinski definition) is 5. The van der Waals surface area contributed by atoms with Gasteiger partial charge >= 0.3 is 7.12 Å². The van der Waals surface area contributed by atoms with Gasteiger partial charge in [-0.15, -0.1) is 0 Å². The Bertz CT molecular complexity index is 944. The number of carbonyl (C=O) groups is 1. The Morgan fingerprint density at radius 2 is 1.92 bits per heavy atom. The molecular formula is C19H17BN2O4. The smallest absolute Gasteiger partial charge is 0.464 e. The third kappa shape index (κ3) is 4.12. The molecule has 2 aromatic carbocycles. The molecule has 1 unspecified atom stereocenters. The van der Waals surface area contributed by atoms with Crippen LogP contribution in [0.2, 0.25) is 0 Å². The van der Waals surface area contributed by atoms with Crippen molar-refractivity contribution in [3.05, 3.63) is 71.5 Å². The number of carbonyl (C=O) groups excluding carboxylic acids is 1. The molecule has 3 rings (SSSR count). The standard InChI is InChI=1S/C19H17BN2O4/c21-11-14-7-5-13(6-8-14)9-19(23)22-18(20(24)25)10-15-12-26-17-4-2-1-3-16(15)17/h1-8,12,18,24-25H,9-10H2,(H,22,23). The molecule has 0 aliphatic carbocycles. The number of fused-ring (bicyclic) bond motifs is 1. The van der Waals surface area contributed by atoms with Gasteiger partial charge < -0.3 is 19.8 Å². The van der Waals surface area contributed by atoms with Crippen LogP contribution in [0.1, 0.15) is 16.7 Å². The summed E-state index contributed by atoms with van der Waals surface area (Å²) >= 11 is 0. The van der Waals surface area contributed by atoms with E-state index in [2.05, 4.69) is 5.32 Å². The molecule has 0 aliphatic heterocycles. The van der Waals surface area contributed by atoms with E-state index < -0.39 is 13.1 Å². The second kappa shape index (κ2) is 7.87. The van der Waals surface area contributed by atoms with E-state index in [0.717, 1.165) is 16.5 Å². The van der Waals surface area contributed by atoms with Crippen molar-refractivity contribution in [1.29, 1.82) is 5.26 Å². The number of amides is 1. The zero-order valence-electron chi connectivity index (χ0n) is 13.9. The van der Waals surface area contributed by atoms with Gasteiger partial charge in [0.05, 0.1) is 30.3 Å². The maximum Gasteiger partial charge on any atom is 0.475 e. The molecule has 0 bridgehead atoms. The fourth-order valence-electron chi connectivity index (χ4n) is 2.80. The lowest BCUT2D eigenvalue weighted by Crippen LogP contribution is -2.48. The van der Waals surface area contributed by atoms with Gasteiger partial charge in [-0.3, -0.25) is 4.79 Å². The molecule has 1 atom stereocenters. The molecule has 130 valence electrons. The molecular weight excluding hydrogens is 331 g/mol. The number of furan rings is 1. The van der Waals surface area contributed by atoms with Gasteiger partial charge in [0.15, 0.2) is 0 Å². The zero-order valence-corrected chi connectivity index (χ0v) is 13.9. The number of hydrogen-bond donors (Lipinski definition) is 3. The van der Waals surface area contributed by atoms with Crippen LogP contribution in [-0.4, -0.2) is 29.0 Å². The summed E-state index contributed by atoms with van der Waals surface area (Å²) in [5, 5.41) is 31.6. The van der Waals surface area contributed by atoms with Crippen LogP contribution in [0.4, 0.5) is 0 Å². The highest BCUT2D eigenvalue weighted by atomic mass is 16.4. The summed E-state index contributed by atoms with van der Waals surface area (Å²) in [5.41, 5.74) is 2.75. The Labute approximate surface area is 150 Å². The number of para-hydroxylation sites is 1. The molecule has 0 radical (unpaired) electrons. The Morgan fingerprint density at radius 3 is 2.62 bits per heavy atom. The lowest BCUT2D eigenvalue weighted by molar-refractivity contribution is -0.120. The first-order chi connectivity index (χ1) is 12.6. The van der Waals surface area contributed by atoms with Crippen LogP contribution >= 0.6 is 0 Å². The van der Waals surface area contributed by atoms with Crippen LogP contribution in [0.25, 0.3) is 11.0 Å². The maximum atomic E-state index is 12.3. The molecule has 1 amide bonds. The summed E-state index contributed by atoms with van der Waals surface area (Å²) in [4.78, 5) is 12.3. The van der Waals surface area contributed by atoms with Gasteiger partial charge in [0, 0.05) is 5.39 Å². The molecule has 0 saturated heterocycles. The average molecular weight is 348 g/mol. The van der Waals surface area contributed by atoms with Gasteiger partial charge in [-0.1, -0.05) is 30.3 Å². The van der Waals surface area contributed by atoms with Gasteiger partial charge in [-0.25, -0.2) is 0 Å². The topological polar surface area (TPSA) is 106 Å². The van der Waals surface area contributed by atoms with Gasteiger partial charge in [0.2, 0.25) is 5.91 Å². The Hall–Kier alpha value is -3.08. The number of nitrogens with zero attached hydrogens (tertiary/aromatic N) is 1. The van der Waals surface area contributed by atoms with Crippen molar-refractivity contribution >= 4 is 24.0 Å². The molecule has 6 nitrogen and oxygen atoms in total. The number of rotatable bonds is 6. The molecule has 0 saturated carbocycles. The maximum absolute atomic E-state index is 12.3. The van der Waals surface area contributed by atoms with E-state index in [-0.39, 0.29) is 18.7 Å². The van der Waals surface area contributed by atoms with Crippen molar-refractivity contribution in [3.63, 3.8) is 0 Å². The van der Waals surface area contributed by atoms with Crippen LogP contribution in [0.5, 0.6) is 0 Å². The summed E-state index contributed by atoms with van der Waals surface area (Å²) < 4.78 is 5.45. The molecule has 0 spiro atoms. The Kier molecular flexibility index (Phi) is 5.37. The minimum absolute atomic E-state index is 0.0844. The summed E-state index contributed by atoms with van der Waals surface area (Å²) in [6.07, 6.45) is 1.88. The first-order valence-corrected chi connectivity index (χ1v) is 8.16. The normalized spacial score (nSPS) is 11.7. The molecule has 26 heavy (non-hydrogen) atoms. The van der Waals surface area contributed by atoms with E-state index in [0.29, 0.717) is 11.1 Å². The van der Waals surface area contributed by atoms with Gasteiger partial charge in [-0.05, 0) is 35.7 Å². The summed E-state index contributed by atoms with van der Waals surface area (Å²) in [5.74, 6) is -1.19. The Morgan fingerprint density at radius 1 is 1.19 bits per heavy atom. The van der Waals surface area contributed by atoms with Crippen molar-refractivity contribution in [2.24, 2.45) is 0 Å². The lowest BCUT2D eigenvalue weighted by atomic mass is 9.75. The van der Waals surface area contributed by atoms with Crippen LogP contribution in [-0.2, 0) is 17.6 Å². The molecule has 7 heteroatoms. The van der Waals surface area contributed by atoms with Crippen molar-refractivity contribution in [2.45, 2.75) is 18.8 Å². The SMILES string of the molecule is N#Cc1ccc(CC(=O)NC(Cc2coc3ccccc23)B(O)O)cc1. The van der Waals surface area contributed by atoms with Crippen LogP contribution in [0.3, 0.4) is 0 Å². The van der Waals surface area contributed by atoms with Crippen LogP contribution in [0, 0.1) is 11.3 Å². The van der Waals surface area contributed by atoms with Gasteiger partial charge in [0.25, 0.3) is 0 Å². The first kappa shape index (κ1) is 17.7. The van der Waals surface area contributed by atoms with E-state index in [1.54, 1.807) is 30.5 Å². The molecule has 1 heterocycles. The highest BCUT2D eigenvalue weighted by molar-refractivity contribution is 6.43. The molecule has 0 aliphatic rings. The first-order valence-electron chi connectivity index (χ1n) is 8.16. The van der Waals surface area contributed by atoms with E-state index in [1.165, 1.54) is 0 Å². The summed E-state index contributed by atoms with van der Waals surface area (Å²) in [6, 6.07) is 16.1. The monoisotopic (exact) mass is 348 g/mol. The second-order valence-electron chi connectivity index (χ2n) is 6.03. The number of benzene rings is 2. The predicted molar refractivity (Wildman–Crippen MR) is 96.9 cm³/mol. The minimum Gasteiger partial charge on any atom is -0.464 e. The highest BCUT2D eigenvalue weighted by Crippen LogP contribution is 2.22. The van der Waals surface area contributed by atoms with Crippen molar-refractivity contribution in [2.75, 3.05) is 0 Å². The largest absolute Gasteiger partial charge is 0.475 e. The Balaban J connectivity index is 1.68. The van der Waals surface area contributed by atoms with Gasteiger partial charge in [0.1, 0.15) is 5.58 Å². The molecule has 3 N–H and O–H groups in total. The summed E-state index contributed by atoms with van der Waals surface area (Å²) in [6.45, 7) is 0. The fraction of sp³-hybridized carbons (Fsp3) is 0.158. The zero-order chi connectivity index (χ0) is 18.5. The number of nitrogens with one attached hydrogen (secondary N) is 1.